The first kappa shape index (κ1) is 25.9. The number of hydrogen-bond acceptors (Lipinski definition) is 6. The maximum Gasteiger partial charge on any atom is 0.309 e. The van der Waals surface area contributed by atoms with Crippen LogP contribution in [-0.2, 0) is 29.7 Å². The van der Waals surface area contributed by atoms with Crippen LogP contribution in [0, 0.1) is 12.8 Å². The second kappa shape index (κ2) is 12.6. The van der Waals surface area contributed by atoms with Gasteiger partial charge in [-0.25, -0.2) is 4.99 Å². The van der Waals surface area contributed by atoms with E-state index in [0.29, 0.717) is 19.7 Å². The Bertz CT molecular complexity index is 892. The van der Waals surface area contributed by atoms with Gasteiger partial charge in [0.2, 0.25) is 0 Å². The van der Waals surface area contributed by atoms with Crippen molar-refractivity contribution >= 4 is 35.9 Å². The number of nitrogens with zero attached hydrogens (tertiary/aromatic N) is 5. The Hall–Kier alpha value is -2.37. The highest BCUT2D eigenvalue weighted by atomic mass is 127. The summed E-state index contributed by atoms with van der Waals surface area (Å²) < 4.78 is 12.4. The van der Waals surface area contributed by atoms with E-state index in [4.69, 9.17) is 14.5 Å². The quantitative estimate of drug-likeness (QED) is 0.243. The predicted octanol–water partition coefficient (Wildman–Crippen LogP) is 2.67. The van der Waals surface area contributed by atoms with Crippen LogP contribution < -0.4 is 10.1 Å². The molecule has 32 heavy (non-hydrogen) atoms. The van der Waals surface area contributed by atoms with Crippen LogP contribution in [0.1, 0.15) is 37.0 Å². The molecule has 0 saturated carbocycles. The summed E-state index contributed by atoms with van der Waals surface area (Å²) in [4.78, 5) is 19.1. The normalized spacial score (nSPS) is 14.6. The number of piperidine rings is 1. The van der Waals surface area contributed by atoms with Crippen molar-refractivity contribution in [2.75, 3.05) is 26.8 Å². The number of aliphatic imine (C=N–C) groups is 1. The van der Waals surface area contributed by atoms with E-state index in [1.54, 1.807) is 7.11 Å². The summed E-state index contributed by atoms with van der Waals surface area (Å²) in [7, 11) is 3.61. The molecule has 0 unspecified atom stereocenters. The summed E-state index contributed by atoms with van der Waals surface area (Å²) in [6.45, 7) is 6.75. The molecule has 1 aliphatic heterocycles. The molecule has 1 aliphatic rings. The number of esters is 1. The minimum atomic E-state index is -0.0959. The van der Waals surface area contributed by atoms with Crippen LogP contribution in [0.25, 0.3) is 0 Å². The molecule has 3 rings (SSSR count). The molecule has 0 atom stereocenters. The van der Waals surface area contributed by atoms with Crippen molar-refractivity contribution in [3.63, 3.8) is 0 Å². The summed E-state index contributed by atoms with van der Waals surface area (Å²) in [5, 5.41) is 11.8. The molecule has 1 N–H and O–H groups in total. The smallest absolute Gasteiger partial charge is 0.309 e. The van der Waals surface area contributed by atoms with Gasteiger partial charge in [-0.15, -0.1) is 34.2 Å². The number of benzene rings is 1. The van der Waals surface area contributed by atoms with Crippen LogP contribution in [0.3, 0.4) is 0 Å². The van der Waals surface area contributed by atoms with Crippen LogP contribution in [0.2, 0.25) is 0 Å². The zero-order valence-corrected chi connectivity index (χ0v) is 21.5. The summed E-state index contributed by atoms with van der Waals surface area (Å²) in [5.41, 5.74) is 1.09. The third kappa shape index (κ3) is 6.81. The first-order chi connectivity index (χ1) is 15.0. The van der Waals surface area contributed by atoms with E-state index in [1.807, 2.05) is 49.7 Å². The van der Waals surface area contributed by atoms with Gasteiger partial charge in [-0.2, -0.15) is 0 Å². The number of nitrogens with one attached hydrogen (secondary N) is 1. The molecular weight excluding hydrogens is 523 g/mol. The monoisotopic (exact) mass is 556 g/mol. The molecule has 0 amide bonds. The highest BCUT2D eigenvalue weighted by Crippen LogP contribution is 2.19. The number of rotatable bonds is 7. The second-order valence-corrected chi connectivity index (χ2v) is 7.58. The second-order valence-electron chi connectivity index (χ2n) is 7.58. The van der Waals surface area contributed by atoms with E-state index in [2.05, 4.69) is 20.4 Å². The first-order valence-electron chi connectivity index (χ1n) is 10.7. The van der Waals surface area contributed by atoms with Crippen molar-refractivity contribution < 1.29 is 14.3 Å². The summed E-state index contributed by atoms with van der Waals surface area (Å²) in [6, 6.07) is 7.90. The summed E-state index contributed by atoms with van der Waals surface area (Å²) in [6.07, 6.45) is 1.51. The van der Waals surface area contributed by atoms with Crippen LogP contribution in [0.5, 0.6) is 5.75 Å². The number of halogens is 1. The van der Waals surface area contributed by atoms with Gasteiger partial charge in [-0.05, 0) is 44.4 Å². The van der Waals surface area contributed by atoms with Gasteiger partial charge in [0.15, 0.2) is 11.8 Å². The number of aryl methyl sites for hydroxylation is 1. The summed E-state index contributed by atoms with van der Waals surface area (Å²) in [5.74, 6) is 3.20. The molecule has 0 aliphatic carbocycles. The number of hydrogen-bond donors (Lipinski definition) is 1. The number of carbonyl (C=O) groups is 1. The van der Waals surface area contributed by atoms with Crippen molar-refractivity contribution in [1.82, 2.24) is 25.0 Å². The number of carbonyl (C=O) groups excluding carboxylic acids is 1. The lowest BCUT2D eigenvalue weighted by molar-refractivity contribution is -0.149. The van der Waals surface area contributed by atoms with E-state index >= 15 is 0 Å². The fourth-order valence-corrected chi connectivity index (χ4v) is 3.51. The average Bonchev–Trinajstić information content (AvgIpc) is 3.12. The lowest BCUT2D eigenvalue weighted by Gasteiger charge is -2.33. The van der Waals surface area contributed by atoms with E-state index in [1.165, 1.54) is 0 Å². The van der Waals surface area contributed by atoms with Gasteiger partial charge in [0.25, 0.3) is 0 Å². The van der Waals surface area contributed by atoms with Gasteiger partial charge in [0, 0.05) is 20.1 Å². The molecule has 1 aromatic carbocycles. The summed E-state index contributed by atoms with van der Waals surface area (Å²) >= 11 is 0. The van der Waals surface area contributed by atoms with E-state index < -0.39 is 0 Å². The predicted molar refractivity (Wildman–Crippen MR) is 133 cm³/mol. The lowest BCUT2D eigenvalue weighted by atomic mass is 9.97. The van der Waals surface area contributed by atoms with Crippen molar-refractivity contribution in [3.8, 4) is 5.75 Å². The maximum atomic E-state index is 12.1. The van der Waals surface area contributed by atoms with Crippen LogP contribution in [0.15, 0.2) is 29.3 Å². The van der Waals surface area contributed by atoms with Crippen molar-refractivity contribution in [3.05, 3.63) is 41.5 Å². The highest BCUT2D eigenvalue weighted by Gasteiger charge is 2.27. The van der Waals surface area contributed by atoms with Crippen LogP contribution in [0.4, 0.5) is 0 Å². The Kier molecular flexibility index (Phi) is 10.2. The van der Waals surface area contributed by atoms with Gasteiger partial charge in [0.1, 0.15) is 11.6 Å². The minimum Gasteiger partial charge on any atom is -0.497 e. The van der Waals surface area contributed by atoms with Crippen LogP contribution >= 0.6 is 24.0 Å². The van der Waals surface area contributed by atoms with E-state index in [-0.39, 0.29) is 35.9 Å². The van der Waals surface area contributed by atoms with Gasteiger partial charge in [-0.3, -0.25) is 4.79 Å². The molecule has 1 aromatic heterocycles. The van der Waals surface area contributed by atoms with Gasteiger partial charge >= 0.3 is 5.97 Å². The Morgan fingerprint density at radius 1 is 1.22 bits per heavy atom. The molecule has 176 valence electrons. The average molecular weight is 556 g/mol. The van der Waals surface area contributed by atoms with Gasteiger partial charge in [0.05, 0.1) is 32.7 Å². The zero-order chi connectivity index (χ0) is 22.2. The SMILES string of the molecule is CCOC(=O)C1CCN(C(=NCc2ccc(OC)cc2)NCc2nnc(C)n2C)CC1.I. The lowest BCUT2D eigenvalue weighted by Crippen LogP contribution is -2.46. The van der Waals surface area contributed by atoms with Crippen molar-refractivity contribution in [2.45, 2.75) is 39.8 Å². The standard InChI is InChI=1S/C22H32N6O3.HI/c1-5-31-21(29)18-10-12-28(13-11-18)22(24-15-20-26-25-16(2)27(20)3)23-14-17-6-8-19(30-4)9-7-17;/h6-9,18H,5,10-15H2,1-4H3,(H,23,24);1H. The fraction of sp³-hybridized carbons (Fsp3) is 0.545. The third-order valence-electron chi connectivity index (χ3n) is 5.57. The molecule has 1 saturated heterocycles. The zero-order valence-electron chi connectivity index (χ0n) is 19.2. The number of likely N-dealkylation sites (tertiary alicyclic amines) is 1. The van der Waals surface area contributed by atoms with Crippen molar-refractivity contribution in [2.24, 2.45) is 18.0 Å². The van der Waals surface area contributed by atoms with Gasteiger partial charge in [-0.1, -0.05) is 12.1 Å². The molecule has 0 radical (unpaired) electrons. The number of ether oxygens (including phenoxy) is 2. The van der Waals surface area contributed by atoms with Crippen molar-refractivity contribution in [1.29, 1.82) is 0 Å². The topological polar surface area (TPSA) is 93.9 Å². The maximum absolute atomic E-state index is 12.1. The van der Waals surface area contributed by atoms with Gasteiger partial charge < -0.3 is 24.3 Å². The fourth-order valence-electron chi connectivity index (χ4n) is 3.51. The van der Waals surface area contributed by atoms with E-state index in [0.717, 1.165) is 54.9 Å². The molecule has 0 bridgehead atoms. The molecule has 2 heterocycles. The Labute approximate surface area is 206 Å². The minimum absolute atomic E-state index is 0. The number of aromatic nitrogens is 3. The third-order valence-corrected chi connectivity index (χ3v) is 5.57. The number of guanidine groups is 1. The highest BCUT2D eigenvalue weighted by molar-refractivity contribution is 14.0. The number of methoxy groups -OCH3 is 1. The Balaban J connectivity index is 0.00000363. The molecular formula is C22H33IN6O3. The molecule has 9 nitrogen and oxygen atoms in total. The first-order valence-corrected chi connectivity index (χ1v) is 10.7. The van der Waals surface area contributed by atoms with E-state index in [9.17, 15) is 4.79 Å². The molecule has 10 heteroatoms. The molecule has 0 spiro atoms. The Morgan fingerprint density at radius 2 is 1.91 bits per heavy atom. The largest absolute Gasteiger partial charge is 0.497 e. The Morgan fingerprint density at radius 3 is 2.47 bits per heavy atom. The molecule has 1 fully saturated rings. The molecule has 2 aromatic rings. The van der Waals surface area contributed by atoms with Crippen LogP contribution in [-0.4, -0.2) is 58.4 Å².